The van der Waals surface area contributed by atoms with Gasteiger partial charge in [-0.25, -0.2) is 14.4 Å². The normalized spacial score (nSPS) is 9.83. The fraction of sp³-hybridized carbons (Fsp3) is 0.0833. The molecule has 0 fully saturated rings. The molecule has 1 heterocycles. The van der Waals surface area contributed by atoms with E-state index in [1.165, 1.54) is 18.5 Å². The number of nitrogens with zero attached hydrogens (tertiary/aromatic N) is 3. The fourth-order valence-electron chi connectivity index (χ4n) is 1.34. The van der Waals surface area contributed by atoms with Crippen molar-refractivity contribution in [3.05, 3.63) is 52.6 Å². The van der Waals surface area contributed by atoms with Gasteiger partial charge in [-0.05, 0) is 12.1 Å². The first-order valence-electron chi connectivity index (χ1n) is 5.09. The van der Waals surface area contributed by atoms with Crippen LogP contribution in [-0.2, 0) is 6.54 Å². The molecule has 90 valence electrons. The molecule has 0 saturated heterocycles. The van der Waals surface area contributed by atoms with Gasteiger partial charge < -0.3 is 5.32 Å². The van der Waals surface area contributed by atoms with E-state index in [-0.39, 0.29) is 6.54 Å². The summed E-state index contributed by atoms with van der Waals surface area (Å²) >= 11 is 5.64. The third-order valence-corrected chi connectivity index (χ3v) is 2.43. The van der Waals surface area contributed by atoms with Crippen LogP contribution < -0.4 is 5.32 Å². The summed E-state index contributed by atoms with van der Waals surface area (Å²) in [6, 6.07) is 6.18. The van der Waals surface area contributed by atoms with Gasteiger partial charge in [-0.3, -0.25) is 0 Å². The summed E-state index contributed by atoms with van der Waals surface area (Å²) in [7, 11) is 0. The van der Waals surface area contributed by atoms with Gasteiger partial charge in [0.15, 0.2) is 0 Å². The van der Waals surface area contributed by atoms with E-state index in [1.54, 1.807) is 12.1 Å². The van der Waals surface area contributed by atoms with Crippen LogP contribution in [0.4, 0.5) is 10.3 Å². The number of nitriles is 1. The van der Waals surface area contributed by atoms with E-state index in [0.717, 1.165) is 0 Å². The molecule has 0 amide bonds. The minimum absolute atomic E-state index is 0.235. The van der Waals surface area contributed by atoms with Crippen molar-refractivity contribution in [3.63, 3.8) is 0 Å². The minimum atomic E-state index is -0.435. The Kier molecular flexibility index (Phi) is 3.70. The molecule has 4 nitrogen and oxygen atoms in total. The molecular formula is C12H8ClFN4. The number of rotatable bonds is 3. The van der Waals surface area contributed by atoms with Gasteiger partial charge in [-0.1, -0.05) is 17.7 Å². The van der Waals surface area contributed by atoms with Gasteiger partial charge >= 0.3 is 0 Å². The van der Waals surface area contributed by atoms with Gasteiger partial charge in [0, 0.05) is 12.1 Å². The number of hydrogen-bond donors (Lipinski definition) is 1. The van der Waals surface area contributed by atoms with E-state index >= 15 is 0 Å². The highest BCUT2D eigenvalue weighted by Crippen LogP contribution is 2.12. The molecule has 0 bridgehead atoms. The zero-order chi connectivity index (χ0) is 13.0. The zero-order valence-corrected chi connectivity index (χ0v) is 9.95. The lowest BCUT2D eigenvalue weighted by molar-refractivity contribution is 0.612. The lowest BCUT2D eigenvalue weighted by Crippen LogP contribution is -2.05. The lowest BCUT2D eigenvalue weighted by atomic mass is 10.1. The Morgan fingerprint density at radius 2 is 2.06 bits per heavy atom. The maximum atomic E-state index is 13.6. The van der Waals surface area contributed by atoms with E-state index in [2.05, 4.69) is 15.3 Å². The van der Waals surface area contributed by atoms with Crippen molar-refractivity contribution in [2.75, 3.05) is 5.32 Å². The molecule has 18 heavy (non-hydrogen) atoms. The van der Waals surface area contributed by atoms with Crippen LogP contribution in [0.1, 0.15) is 11.1 Å². The van der Waals surface area contributed by atoms with Gasteiger partial charge in [-0.15, -0.1) is 0 Å². The number of aromatic nitrogens is 2. The quantitative estimate of drug-likeness (QED) is 0.924. The molecule has 0 spiro atoms. The summed E-state index contributed by atoms with van der Waals surface area (Å²) in [5.41, 5.74) is 0.728. The van der Waals surface area contributed by atoms with Gasteiger partial charge in [0.25, 0.3) is 0 Å². The van der Waals surface area contributed by atoms with Crippen LogP contribution in [0, 0.1) is 17.1 Å². The predicted octanol–water partition coefficient (Wildman–Crippen LogP) is 2.75. The van der Waals surface area contributed by atoms with Crippen LogP contribution in [0.2, 0.25) is 5.02 Å². The number of nitrogens with one attached hydrogen (secondary N) is 1. The van der Waals surface area contributed by atoms with E-state index in [1.807, 2.05) is 6.07 Å². The number of benzene rings is 1. The topological polar surface area (TPSA) is 61.6 Å². The van der Waals surface area contributed by atoms with E-state index in [4.69, 9.17) is 16.9 Å². The first kappa shape index (κ1) is 12.3. The molecule has 1 N–H and O–H groups in total. The van der Waals surface area contributed by atoms with Crippen molar-refractivity contribution in [2.24, 2.45) is 0 Å². The molecule has 1 aromatic carbocycles. The molecular weight excluding hydrogens is 255 g/mol. The highest BCUT2D eigenvalue weighted by molar-refractivity contribution is 6.30. The van der Waals surface area contributed by atoms with Crippen LogP contribution in [0.5, 0.6) is 0 Å². The van der Waals surface area contributed by atoms with Crippen molar-refractivity contribution in [1.29, 1.82) is 5.26 Å². The number of hydrogen-bond acceptors (Lipinski definition) is 4. The van der Waals surface area contributed by atoms with Gasteiger partial charge in [0.05, 0.1) is 29.0 Å². The summed E-state index contributed by atoms with van der Waals surface area (Å²) in [6.07, 6.45) is 2.90. The van der Waals surface area contributed by atoms with Gasteiger partial charge in [0.1, 0.15) is 5.82 Å². The van der Waals surface area contributed by atoms with Crippen LogP contribution in [-0.4, -0.2) is 9.97 Å². The summed E-state index contributed by atoms with van der Waals surface area (Å²) in [5.74, 6) is -0.0707. The van der Waals surface area contributed by atoms with Crippen molar-refractivity contribution >= 4 is 17.5 Å². The molecule has 0 atom stereocenters. The van der Waals surface area contributed by atoms with E-state index in [9.17, 15) is 4.39 Å². The second-order valence-corrected chi connectivity index (χ2v) is 3.93. The monoisotopic (exact) mass is 262 g/mol. The Bertz CT molecular complexity index is 592. The Morgan fingerprint density at radius 1 is 1.33 bits per heavy atom. The Labute approximate surface area is 108 Å². The second-order valence-electron chi connectivity index (χ2n) is 3.50. The first-order chi connectivity index (χ1) is 8.69. The van der Waals surface area contributed by atoms with Crippen LogP contribution >= 0.6 is 11.6 Å². The third kappa shape index (κ3) is 2.93. The van der Waals surface area contributed by atoms with Crippen molar-refractivity contribution < 1.29 is 4.39 Å². The molecule has 2 rings (SSSR count). The molecule has 0 unspecified atom stereocenters. The molecule has 0 aliphatic heterocycles. The van der Waals surface area contributed by atoms with Crippen LogP contribution in [0.3, 0.4) is 0 Å². The summed E-state index contributed by atoms with van der Waals surface area (Å²) in [6.45, 7) is 0.235. The molecule has 0 aliphatic rings. The average molecular weight is 263 g/mol. The average Bonchev–Trinajstić information content (AvgIpc) is 2.39. The second kappa shape index (κ2) is 5.43. The van der Waals surface area contributed by atoms with E-state index < -0.39 is 5.82 Å². The number of anilines is 1. The minimum Gasteiger partial charge on any atom is -0.350 e. The number of halogens is 2. The lowest BCUT2D eigenvalue weighted by Gasteiger charge is -2.05. The molecule has 0 radical (unpaired) electrons. The Balaban J connectivity index is 2.06. The SMILES string of the molecule is N#Cc1ccc(CNc2ncc(Cl)cn2)c(F)c1. The van der Waals surface area contributed by atoms with E-state index in [0.29, 0.717) is 22.1 Å². The molecule has 6 heteroatoms. The summed E-state index contributed by atoms with van der Waals surface area (Å²) in [5, 5.41) is 11.9. The maximum absolute atomic E-state index is 13.6. The van der Waals surface area contributed by atoms with Crippen molar-refractivity contribution in [1.82, 2.24) is 9.97 Å². The predicted molar refractivity (Wildman–Crippen MR) is 65.5 cm³/mol. The molecule has 2 aromatic rings. The smallest absolute Gasteiger partial charge is 0.222 e. The molecule has 0 saturated carbocycles. The zero-order valence-electron chi connectivity index (χ0n) is 9.19. The van der Waals surface area contributed by atoms with Crippen LogP contribution in [0.25, 0.3) is 0 Å². The largest absolute Gasteiger partial charge is 0.350 e. The van der Waals surface area contributed by atoms with Gasteiger partial charge in [-0.2, -0.15) is 5.26 Å². The van der Waals surface area contributed by atoms with Crippen molar-refractivity contribution in [2.45, 2.75) is 6.54 Å². The van der Waals surface area contributed by atoms with Crippen LogP contribution in [0.15, 0.2) is 30.6 Å². The summed E-state index contributed by atoms with van der Waals surface area (Å²) in [4.78, 5) is 7.86. The van der Waals surface area contributed by atoms with Crippen molar-refractivity contribution in [3.8, 4) is 6.07 Å². The maximum Gasteiger partial charge on any atom is 0.222 e. The first-order valence-corrected chi connectivity index (χ1v) is 5.47. The Morgan fingerprint density at radius 3 is 2.67 bits per heavy atom. The standard InChI is InChI=1S/C12H8ClFN4/c13-10-6-17-12(18-7-10)16-5-9-2-1-8(4-15)3-11(9)14/h1-3,6-7H,5H2,(H,16,17,18). The highest BCUT2D eigenvalue weighted by Gasteiger charge is 2.04. The fourth-order valence-corrected chi connectivity index (χ4v) is 1.44. The summed E-state index contributed by atoms with van der Waals surface area (Å²) < 4.78 is 13.6. The molecule has 1 aromatic heterocycles. The van der Waals surface area contributed by atoms with Gasteiger partial charge in [0.2, 0.25) is 5.95 Å². The highest BCUT2D eigenvalue weighted by atomic mass is 35.5. The molecule has 0 aliphatic carbocycles. The third-order valence-electron chi connectivity index (χ3n) is 2.24. The Hall–Kier alpha value is -2.19.